The van der Waals surface area contributed by atoms with Crippen molar-refractivity contribution in [3.63, 3.8) is 0 Å². The van der Waals surface area contributed by atoms with Crippen LogP contribution < -0.4 is 15.9 Å². The lowest BCUT2D eigenvalue weighted by atomic mass is 10.2. The number of pyridine rings is 1. The summed E-state index contributed by atoms with van der Waals surface area (Å²) in [6.45, 7) is 0.346. The van der Waals surface area contributed by atoms with Crippen molar-refractivity contribution in [2.75, 3.05) is 0 Å². The SMILES string of the molecule is NC(=O)c1ccc[n+](Cc2nc3scc(-c4cccs4)c3c(=O)[nH]2)c1. The van der Waals surface area contributed by atoms with E-state index in [0.717, 1.165) is 10.4 Å². The van der Waals surface area contributed by atoms with Gasteiger partial charge in [0.1, 0.15) is 10.4 Å². The average molecular weight is 369 g/mol. The van der Waals surface area contributed by atoms with Crippen molar-refractivity contribution in [3.8, 4) is 10.4 Å². The maximum Gasteiger partial charge on any atom is 0.260 e. The van der Waals surface area contributed by atoms with Crippen molar-refractivity contribution in [1.82, 2.24) is 9.97 Å². The molecule has 1 amide bonds. The van der Waals surface area contributed by atoms with Gasteiger partial charge in [0.25, 0.3) is 11.5 Å². The van der Waals surface area contributed by atoms with E-state index in [1.54, 1.807) is 40.4 Å². The number of H-pyrrole nitrogens is 1. The molecule has 0 aromatic carbocycles. The van der Waals surface area contributed by atoms with Crippen molar-refractivity contribution >= 4 is 38.8 Å². The number of amides is 1. The van der Waals surface area contributed by atoms with E-state index < -0.39 is 5.91 Å². The van der Waals surface area contributed by atoms with Crippen molar-refractivity contribution in [3.05, 3.63) is 69.2 Å². The molecule has 3 N–H and O–H groups in total. The molecule has 0 atom stereocenters. The zero-order chi connectivity index (χ0) is 17.4. The monoisotopic (exact) mass is 369 g/mol. The molecule has 0 saturated carbocycles. The van der Waals surface area contributed by atoms with Crippen LogP contribution in [0.25, 0.3) is 20.7 Å². The first-order valence-electron chi connectivity index (χ1n) is 7.45. The van der Waals surface area contributed by atoms with Crippen molar-refractivity contribution in [2.45, 2.75) is 6.54 Å². The Morgan fingerprint density at radius 1 is 1.28 bits per heavy atom. The van der Waals surface area contributed by atoms with Crippen LogP contribution in [0.4, 0.5) is 0 Å². The summed E-state index contributed by atoms with van der Waals surface area (Å²) in [5.74, 6) is 0.0359. The minimum absolute atomic E-state index is 0.156. The van der Waals surface area contributed by atoms with Crippen LogP contribution in [0.15, 0.2) is 52.2 Å². The van der Waals surface area contributed by atoms with Crippen LogP contribution in [0.3, 0.4) is 0 Å². The van der Waals surface area contributed by atoms with Gasteiger partial charge in [0.15, 0.2) is 18.2 Å². The topological polar surface area (TPSA) is 92.7 Å². The van der Waals surface area contributed by atoms with E-state index in [4.69, 9.17) is 5.73 Å². The van der Waals surface area contributed by atoms with Crippen LogP contribution in [0.2, 0.25) is 0 Å². The zero-order valence-corrected chi connectivity index (χ0v) is 14.6. The molecular formula is C17H13N4O2S2+. The predicted octanol–water partition coefficient (Wildman–Crippen LogP) is 2.15. The van der Waals surface area contributed by atoms with Gasteiger partial charge in [-0.2, -0.15) is 4.57 Å². The van der Waals surface area contributed by atoms with E-state index in [-0.39, 0.29) is 5.56 Å². The number of nitrogens with two attached hydrogens (primary N) is 1. The molecule has 6 nitrogen and oxygen atoms in total. The zero-order valence-electron chi connectivity index (χ0n) is 12.9. The van der Waals surface area contributed by atoms with Gasteiger partial charge in [0.05, 0.1) is 5.39 Å². The number of fused-ring (bicyclic) bond motifs is 1. The van der Waals surface area contributed by atoms with Crippen LogP contribution >= 0.6 is 22.7 Å². The number of thiophene rings is 2. The lowest BCUT2D eigenvalue weighted by Crippen LogP contribution is -2.36. The molecule has 0 bridgehead atoms. The first kappa shape index (κ1) is 15.7. The Morgan fingerprint density at radius 3 is 2.92 bits per heavy atom. The molecule has 25 heavy (non-hydrogen) atoms. The number of nitrogens with zero attached hydrogens (tertiary/aromatic N) is 2. The Balaban J connectivity index is 1.74. The quantitative estimate of drug-likeness (QED) is 0.540. The molecule has 0 saturated heterocycles. The standard InChI is InChI=1S/C17H12N4O2S2/c18-15(22)10-3-1-5-21(7-10)8-13-19-16(23)14-11(9-25-17(14)20-13)12-4-2-6-24-12/h1-7,9H,8H2,(H2-,18,19,20,22,23)/p+1. The third-order valence-electron chi connectivity index (χ3n) is 3.75. The maximum atomic E-state index is 12.6. The van der Waals surface area contributed by atoms with Gasteiger partial charge < -0.3 is 10.7 Å². The minimum Gasteiger partial charge on any atom is -0.365 e. The Kier molecular flexibility index (Phi) is 3.90. The van der Waals surface area contributed by atoms with E-state index in [9.17, 15) is 9.59 Å². The number of carbonyl (C=O) groups excluding carboxylic acids is 1. The van der Waals surface area contributed by atoms with Gasteiger partial charge >= 0.3 is 0 Å². The fourth-order valence-electron chi connectivity index (χ4n) is 2.62. The number of hydrogen-bond acceptors (Lipinski definition) is 5. The first-order valence-corrected chi connectivity index (χ1v) is 9.21. The molecular weight excluding hydrogens is 356 g/mol. The fourth-order valence-corrected chi connectivity index (χ4v) is 4.40. The van der Waals surface area contributed by atoms with Crippen LogP contribution in [0.5, 0.6) is 0 Å². The molecule has 8 heteroatoms. The van der Waals surface area contributed by atoms with Crippen molar-refractivity contribution in [2.24, 2.45) is 5.73 Å². The second-order valence-electron chi connectivity index (χ2n) is 5.45. The summed E-state index contributed by atoms with van der Waals surface area (Å²) in [5, 5.41) is 4.56. The van der Waals surface area contributed by atoms with Gasteiger partial charge in [-0.25, -0.2) is 4.98 Å². The van der Waals surface area contributed by atoms with Crippen molar-refractivity contribution in [1.29, 1.82) is 0 Å². The highest BCUT2D eigenvalue weighted by Crippen LogP contribution is 2.33. The summed E-state index contributed by atoms with van der Waals surface area (Å²) >= 11 is 3.04. The molecule has 0 spiro atoms. The summed E-state index contributed by atoms with van der Waals surface area (Å²) in [5.41, 5.74) is 6.46. The fraction of sp³-hybridized carbons (Fsp3) is 0.0588. The van der Waals surface area contributed by atoms with E-state index in [1.165, 1.54) is 11.3 Å². The molecule has 0 radical (unpaired) electrons. The molecule has 4 rings (SSSR count). The Morgan fingerprint density at radius 2 is 2.16 bits per heavy atom. The molecule has 0 unspecified atom stereocenters. The van der Waals surface area contributed by atoms with Crippen LogP contribution in [0.1, 0.15) is 16.2 Å². The highest BCUT2D eigenvalue weighted by molar-refractivity contribution is 7.18. The van der Waals surface area contributed by atoms with E-state index in [2.05, 4.69) is 9.97 Å². The van der Waals surface area contributed by atoms with Crippen LogP contribution in [0, 0.1) is 0 Å². The molecule has 0 aliphatic rings. The number of aromatic amines is 1. The molecule has 0 fully saturated rings. The molecule has 0 aliphatic heterocycles. The van der Waals surface area contributed by atoms with E-state index in [0.29, 0.717) is 28.1 Å². The first-order chi connectivity index (χ1) is 12.1. The van der Waals surface area contributed by atoms with Gasteiger partial charge in [-0.3, -0.25) is 9.59 Å². The Labute approximate surface area is 150 Å². The molecule has 4 aromatic rings. The summed E-state index contributed by atoms with van der Waals surface area (Å²) in [7, 11) is 0. The summed E-state index contributed by atoms with van der Waals surface area (Å²) in [4.78, 5) is 33.0. The van der Waals surface area contributed by atoms with Gasteiger partial charge in [-0.15, -0.1) is 22.7 Å². The third-order valence-corrected chi connectivity index (χ3v) is 5.53. The average Bonchev–Trinajstić information content (AvgIpc) is 3.24. The minimum atomic E-state index is -0.495. The van der Waals surface area contributed by atoms with Gasteiger partial charge in [-0.05, 0) is 17.5 Å². The Hall–Kier alpha value is -2.84. The lowest BCUT2D eigenvalue weighted by Gasteiger charge is -2.00. The van der Waals surface area contributed by atoms with E-state index >= 15 is 0 Å². The predicted molar refractivity (Wildman–Crippen MR) is 97.8 cm³/mol. The highest BCUT2D eigenvalue weighted by atomic mass is 32.1. The summed E-state index contributed by atoms with van der Waals surface area (Å²) in [6.07, 6.45) is 3.43. The van der Waals surface area contributed by atoms with Crippen molar-refractivity contribution < 1.29 is 9.36 Å². The number of primary amides is 1. The molecule has 0 aliphatic carbocycles. The molecule has 124 valence electrons. The smallest absolute Gasteiger partial charge is 0.260 e. The molecule has 4 heterocycles. The van der Waals surface area contributed by atoms with Crippen LogP contribution in [-0.4, -0.2) is 15.9 Å². The largest absolute Gasteiger partial charge is 0.365 e. The summed E-state index contributed by atoms with van der Waals surface area (Å²) in [6, 6.07) is 7.33. The number of rotatable bonds is 4. The normalized spacial score (nSPS) is 11.0. The lowest BCUT2D eigenvalue weighted by molar-refractivity contribution is -0.689. The van der Waals surface area contributed by atoms with Gasteiger partial charge in [0, 0.05) is 21.9 Å². The van der Waals surface area contributed by atoms with Gasteiger partial charge in [-0.1, -0.05) is 6.07 Å². The number of carbonyl (C=O) groups is 1. The number of hydrogen-bond donors (Lipinski definition) is 2. The van der Waals surface area contributed by atoms with Crippen LogP contribution in [-0.2, 0) is 6.54 Å². The summed E-state index contributed by atoms with van der Waals surface area (Å²) < 4.78 is 1.76. The third kappa shape index (κ3) is 2.97. The second-order valence-corrected chi connectivity index (χ2v) is 7.25. The Bertz CT molecular complexity index is 1130. The maximum absolute atomic E-state index is 12.6. The van der Waals surface area contributed by atoms with Gasteiger partial charge in [0.2, 0.25) is 6.54 Å². The molecule has 4 aromatic heterocycles. The highest BCUT2D eigenvalue weighted by Gasteiger charge is 2.15. The number of nitrogens with one attached hydrogen (secondary N) is 1. The second kappa shape index (κ2) is 6.23. The van der Waals surface area contributed by atoms with E-state index in [1.807, 2.05) is 22.9 Å². The number of aromatic nitrogens is 3.